The Labute approximate surface area is 53.3 Å². The van der Waals surface area contributed by atoms with Crippen LogP contribution in [-0.2, 0) is 9.53 Å². The molecule has 3 nitrogen and oxygen atoms in total. The van der Waals surface area contributed by atoms with Crippen molar-refractivity contribution < 1.29 is 14.6 Å². The van der Waals surface area contributed by atoms with Crippen LogP contribution in [0.4, 0.5) is 0 Å². The van der Waals surface area contributed by atoms with E-state index in [2.05, 4.69) is 17.9 Å². The number of carboxylic acid groups (broad SMARTS) is 1. The van der Waals surface area contributed by atoms with Crippen LogP contribution in [0.2, 0.25) is 0 Å². The summed E-state index contributed by atoms with van der Waals surface area (Å²) in [5.74, 6) is -1.06. The molecule has 0 rings (SSSR count). The fourth-order valence-corrected chi connectivity index (χ4v) is 0.318. The summed E-state index contributed by atoms with van der Waals surface area (Å²) in [5.41, 5.74) is 0. The number of hydrogen-bond donors (Lipinski definition) is 1. The van der Waals surface area contributed by atoms with Gasteiger partial charge in [0, 0.05) is 0 Å². The second kappa shape index (κ2) is 3.72. The van der Waals surface area contributed by atoms with Crippen LogP contribution >= 0.6 is 0 Å². The van der Waals surface area contributed by atoms with E-state index in [0.29, 0.717) is 0 Å². The molecular formula is C6H8O3. The van der Waals surface area contributed by atoms with Gasteiger partial charge in [-0.3, -0.25) is 0 Å². The molecule has 0 fully saturated rings. The number of rotatable bonds is 4. The summed E-state index contributed by atoms with van der Waals surface area (Å²) in [6.07, 6.45) is 1.28. The molecule has 1 atom stereocenters. The molecule has 0 spiro atoms. The lowest BCUT2D eigenvalue weighted by molar-refractivity contribution is -0.144. The van der Waals surface area contributed by atoms with E-state index in [-0.39, 0.29) is 0 Å². The third-order valence-corrected chi connectivity index (χ3v) is 0.700. The summed E-state index contributed by atoms with van der Waals surface area (Å²) < 4.78 is 4.50. The van der Waals surface area contributed by atoms with Crippen LogP contribution in [0.1, 0.15) is 0 Å². The fourth-order valence-electron chi connectivity index (χ4n) is 0.318. The number of ether oxygens (including phenoxy) is 1. The standard InChI is InChI=1S/C6H8O3/c1-3-5(6(7)8)9-4-2/h3-5H,1-2H2,(H,7,8). The molecule has 0 amide bonds. The summed E-state index contributed by atoms with van der Waals surface area (Å²) in [7, 11) is 0. The lowest BCUT2D eigenvalue weighted by Gasteiger charge is -2.03. The summed E-state index contributed by atoms with van der Waals surface area (Å²) in [5, 5.41) is 8.26. The summed E-state index contributed by atoms with van der Waals surface area (Å²) in [6, 6.07) is 0. The Balaban J connectivity index is 3.81. The SMILES string of the molecule is C=COC(C=C)C(=O)O. The highest BCUT2D eigenvalue weighted by atomic mass is 16.5. The van der Waals surface area contributed by atoms with E-state index in [9.17, 15) is 4.79 Å². The van der Waals surface area contributed by atoms with Gasteiger partial charge in [-0.05, 0) is 6.08 Å². The van der Waals surface area contributed by atoms with E-state index in [4.69, 9.17) is 5.11 Å². The molecule has 0 aromatic carbocycles. The fraction of sp³-hybridized carbons (Fsp3) is 0.167. The highest BCUT2D eigenvalue weighted by Gasteiger charge is 2.10. The molecule has 1 unspecified atom stereocenters. The van der Waals surface area contributed by atoms with Crippen molar-refractivity contribution in [2.24, 2.45) is 0 Å². The predicted octanol–water partition coefficient (Wildman–Crippen LogP) is 0.786. The molecule has 0 radical (unpaired) electrons. The molecule has 3 heteroatoms. The Bertz CT molecular complexity index is 128. The number of carbonyl (C=O) groups is 1. The smallest absolute Gasteiger partial charge is 0.348 e. The minimum atomic E-state index is -1.06. The number of carboxylic acids is 1. The third-order valence-electron chi connectivity index (χ3n) is 0.700. The van der Waals surface area contributed by atoms with Crippen LogP contribution in [0.5, 0.6) is 0 Å². The molecule has 0 aliphatic heterocycles. The monoisotopic (exact) mass is 128 g/mol. The van der Waals surface area contributed by atoms with Crippen LogP contribution in [0.15, 0.2) is 25.5 Å². The van der Waals surface area contributed by atoms with Gasteiger partial charge >= 0.3 is 5.97 Å². The van der Waals surface area contributed by atoms with Crippen molar-refractivity contribution in [1.29, 1.82) is 0 Å². The summed E-state index contributed by atoms with van der Waals surface area (Å²) >= 11 is 0. The summed E-state index contributed by atoms with van der Waals surface area (Å²) in [4.78, 5) is 10.1. The average Bonchev–Trinajstić information content (AvgIpc) is 1.82. The van der Waals surface area contributed by atoms with Gasteiger partial charge in [0.25, 0.3) is 0 Å². The first-order chi connectivity index (χ1) is 4.22. The molecule has 1 N–H and O–H groups in total. The van der Waals surface area contributed by atoms with E-state index in [1.807, 2.05) is 0 Å². The first-order valence-corrected chi connectivity index (χ1v) is 2.34. The van der Waals surface area contributed by atoms with Crippen molar-refractivity contribution in [1.82, 2.24) is 0 Å². The van der Waals surface area contributed by atoms with Gasteiger partial charge in [0.05, 0.1) is 6.26 Å². The number of aliphatic carboxylic acids is 1. The van der Waals surface area contributed by atoms with Crippen LogP contribution < -0.4 is 0 Å². The highest BCUT2D eigenvalue weighted by Crippen LogP contribution is 1.92. The molecule has 0 aliphatic carbocycles. The maximum absolute atomic E-state index is 10.1. The zero-order valence-corrected chi connectivity index (χ0v) is 4.91. The second-order valence-electron chi connectivity index (χ2n) is 1.30. The zero-order chi connectivity index (χ0) is 7.28. The molecule has 0 bridgehead atoms. The van der Waals surface area contributed by atoms with E-state index in [0.717, 1.165) is 6.26 Å². The van der Waals surface area contributed by atoms with Gasteiger partial charge in [0.2, 0.25) is 6.10 Å². The molecule has 0 heterocycles. The van der Waals surface area contributed by atoms with Crippen LogP contribution in [0.3, 0.4) is 0 Å². The van der Waals surface area contributed by atoms with E-state index in [1.165, 1.54) is 6.08 Å². The molecular weight excluding hydrogens is 120 g/mol. The Hall–Kier alpha value is -1.25. The normalized spacial score (nSPS) is 11.6. The van der Waals surface area contributed by atoms with Crippen LogP contribution in [0.25, 0.3) is 0 Å². The maximum atomic E-state index is 10.1. The van der Waals surface area contributed by atoms with Crippen LogP contribution in [0, 0.1) is 0 Å². The van der Waals surface area contributed by atoms with Crippen LogP contribution in [-0.4, -0.2) is 17.2 Å². The van der Waals surface area contributed by atoms with Crippen molar-refractivity contribution in [2.75, 3.05) is 0 Å². The molecule has 0 aromatic heterocycles. The van der Waals surface area contributed by atoms with E-state index < -0.39 is 12.1 Å². The second-order valence-corrected chi connectivity index (χ2v) is 1.30. The van der Waals surface area contributed by atoms with Gasteiger partial charge in [-0.15, -0.1) is 0 Å². The molecule has 0 saturated carbocycles. The van der Waals surface area contributed by atoms with Gasteiger partial charge < -0.3 is 9.84 Å². The average molecular weight is 128 g/mol. The van der Waals surface area contributed by atoms with Gasteiger partial charge in [-0.2, -0.15) is 0 Å². The maximum Gasteiger partial charge on any atom is 0.348 e. The van der Waals surface area contributed by atoms with Gasteiger partial charge in [-0.1, -0.05) is 13.2 Å². The lowest BCUT2D eigenvalue weighted by atomic mass is 10.4. The molecule has 50 valence electrons. The highest BCUT2D eigenvalue weighted by molar-refractivity contribution is 5.74. The van der Waals surface area contributed by atoms with Crippen molar-refractivity contribution in [3.05, 3.63) is 25.5 Å². The predicted molar refractivity (Wildman–Crippen MR) is 32.9 cm³/mol. The zero-order valence-electron chi connectivity index (χ0n) is 4.91. The van der Waals surface area contributed by atoms with Crippen molar-refractivity contribution >= 4 is 5.97 Å². The van der Waals surface area contributed by atoms with Crippen molar-refractivity contribution in [2.45, 2.75) is 6.10 Å². The largest absolute Gasteiger partial charge is 0.483 e. The topological polar surface area (TPSA) is 46.5 Å². The number of hydrogen-bond acceptors (Lipinski definition) is 2. The van der Waals surface area contributed by atoms with Gasteiger partial charge in [-0.25, -0.2) is 4.79 Å². The van der Waals surface area contributed by atoms with E-state index in [1.54, 1.807) is 0 Å². The van der Waals surface area contributed by atoms with E-state index >= 15 is 0 Å². The van der Waals surface area contributed by atoms with Gasteiger partial charge in [0.15, 0.2) is 0 Å². The Morgan fingerprint density at radius 2 is 2.22 bits per heavy atom. The first-order valence-electron chi connectivity index (χ1n) is 2.34. The van der Waals surface area contributed by atoms with Crippen molar-refractivity contribution in [3.63, 3.8) is 0 Å². The molecule has 0 saturated heterocycles. The Morgan fingerprint density at radius 3 is 2.33 bits per heavy atom. The Kier molecular flexibility index (Phi) is 3.20. The van der Waals surface area contributed by atoms with Gasteiger partial charge in [0.1, 0.15) is 0 Å². The lowest BCUT2D eigenvalue weighted by Crippen LogP contribution is -2.18. The molecule has 0 aromatic rings. The molecule has 9 heavy (non-hydrogen) atoms. The van der Waals surface area contributed by atoms with Crippen molar-refractivity contribution in [3.8, 4) is 0 Å². The molecule has 0 aliphatic rings. The quantitative estimate of drug-likeness (QED) is 0.449. The Morgan fingerprint density at radius 1 is 1.67 bits per heavy atom. The first kappa shape index (κ1) is 7.75. The summed E-state index contributed by atoms with van der Waals surface area (Å²) in [6.45, 7) is 6.44. The third kappa shape index (κ3) is 2.54. The minimum absolute atomic E-state index is 0.970. The minimum Gasteiger partial charge on any atom is -0.483 e.